The van der Waals surface area contributed by atoms with Crippen LogP contribution in [0.3, 0.4) is 0 Å². The Balaban J connectivity index is 1.74. The van der Waals surface area contributed by atoms with Crippen molar-refractivity contribution >= 4 is 33.5 Å². The minimum Gasteiger partial charge on any atom is -0.456 e. The first kappa shape index (κ1) is 20.6. The lowest BCUT2D eigenvalue weighted by molar-refractivity contribution is -0.153. The summed E-state index contributed by atoms with van der Waals surface area (Å²) < 4.78 is 49.3. The molecule has 1 aliphatic rings. The maximum Gasteiger partial charge on any atom is 0.307 e. The first-order valence-corrected chi connectivity index (χ1v) is 9.61. The second kappa shape index (κ2) is 9.26. The molecule has 1 amide bonds. The Bertz CT molecular complexity index is 767. The van der Waals surface area contributed by atoms with E-state index < -0.39 is 28.4 Å². The molecule has 26 heavy (non-hydrogen) atoms. The van der Waals surface area contributed by atoms with Gasteiger partial charge in [0.25, 0.3) is 5.91 Å². The molecule has 1 heterocycles. The second-order valence-corrected chi connectivity index (χ2v) is 7.55. The molecule has 8 nitrogen and oxygen atoms in total. The van der Waals surface area contributed by atoms with Crippen LogP contribution in [-0.2, 0) is 29.1 Å². The van der Waals surface area contributed by atoms with Crippen molar-refractivity contribution in [2.75, 3.05) is 39.5 Å². The number of sulfonamides is 1. The molecule has 0 bridgehead atoms. The molecule has 1 aliphatic heterocycles. The smallest absolute Gasteiger partial charge is 0.307 e. The number of carbonyl (C=O) groups is 2. The molecule has 144 valence electrons. The highest BCUT2D eigenvalue weighted by molar-refractivity contribution is 7.89. The quantitative estimate of drug-likeness (QED) is 0.661. The summed E-state index contributed by atoms with van der Waals surface area (Å²) in [5.41, 5.74) is 0. The van der Waals surface area contributed by atoms with Crippen molar-refractivity contribution in [3.05, 3.63) is 29.0 Å². The van der Waals surface area contributed by atoms with Crippen molar-refractivity contribution in [1.82, 2.24) is 9.62 Å². The summed E-state index contributed by atoms with van der Waals surface area (Å²) in [6, 6.07) is 2.96. The Morgan fingerprint density at radius 3 is 2.65 bits per heavy atom. The summed E-state index contributed by atoms with van der Waals surface area (Å²) in [4.78, 5) is 24.7. The van der Waals surface area contributed by atoms with E-state index in [4.69, 9.17) is 21.1 Å². The van der Waals surface area contributed by atoms with E-state index in [-0.39, 0.29) is 28.8 Å². The van der Waals surface area contributed by atoms with Crippen molar-refractivity contribution in [2.45, 2.75) is 11.3 Å². The number of amides is 1. The normalized spacial score (nSPS) is 14.9. The van der Waals surface area contributed by atoms with Gasteiger partial charge in [-0.1, -0.05) is 11.6 Å². The number of esters is 1. The molecular formula is C15H18ClFN2O6S. The molecule has 0 aromatic heterocycles. The van der Waals surface area contributed by atoms with E-state index in [1.807, 2.05) is 0 Å². The average Bonchev–Trinajstić information content (AvgIpc) is 2.62. The van der Waals surface area contributed by atoms with Gasteiger partial charge in [0.05, 0.1) is 29.6 Å². The van der Waals surface area contributed by atoms with Crippen LogP contribution in [0, 0.1) is 5.82 Å². The lowest BCUT2D eigenvalue weighted by atomic mass is 10.3. The van der Waals surface area contributed by atoms with Crippen LogP contribution in [0.25, 0.3) is 0 Å². The van der Waals surface area contributed by atoms with Crippen molar-refractivity contribution < 1.29 is 31.9 Å². The second-order valence-electron chi connectivity index (χ2n) is 5.38. The number of rotatable bonds is 7. The molecule has 2 rings (SSSR count). The molecule has 0 radical (unpaired) electrons. The highest BCUT2D eigenvalue weighted by Crippen LogP contribution is 2.19. The summed E-state index contributed by atoms with van der Waals surface area (Å²) in [6.45, 7) is 1.12. The number of morpholine rings is 1. The Morgan fingerprint density at radius 1 is 1.31 bits per heavy atom. The van der Waals surface area contributed by atoms with Crippen molar-refractivity contribution in [2.24, 2.45) is 0 Å². The van der Waals surface area contributed by atoms with Crippen molar-refractivity contribution in [3.63, 3.8) is 0 Å². The van der Waals surface area contributed by atoms with Gasteiger partial charge in [0.15, 0.2) is 6.61 Å². The van der Waals surface area contributed by atoms with Gasteiger partial charge in [0.1, 0.15) is 5.82 Å². The van der Waals surface area contributed by atoms with E-state index in [1.54, 1.807) is 0 Å². The first-order valence-electron chi connectivity index (χ1n) is 7.75. The van der Waals surface area contributed by atoms with Crippen LogP contribution >= 0.6 is 11.6 Å². The number of halogens is 2. The fourth-order valence-corrected chi connectivity index (χ4v) is 3.44. The van der Waals surface area contributed by atoms with E-state index in [1.165, 1.54) is 4.90 Å². The maximum absolute atomic E-state index is 13.1. The average molecular weight is 409 g/mol. The third kappa shape index (κ3) is 5.90. The first-order chi connectivity index (χ1) is 12.3. The minimum atomic E-state index is -3.94. The third-order valence-corrected chi connectivity index (χ3v) is 5.29. The highest BCUT2D eigenvalue weighted by atomic mass is 35.5. The number of hydrogen-bond acceptors (Lipinski definition) is 6. The molecule has 0 aliphatic carbocycles. The molecule has 1 fully saturated rings. The summed E-state index contributed by atoms with van der Waals surface area (Å²) in [6.07, 6.45) is -0.259. The lowest BCUT2D eigenvalue weighted by Gasteiger charge is -2.26. The minimum absolute atomic E-state index is 0.222. The van der Waals surface area contributed by atoms with Crippen LogP contribution in [0.4, 0.5) is 4.39 Å². The zero-order valence-electron chi connectivity index (χ0n) is 13.7. The molecule has 0 saturated carbocycles. The van der Waals surface area contributed by atoms with Crippen LogP contribution in [-0.4, -0.2) is 64.6 Å². The van der Waals surface area contributed by atoms with Gasteiger partial charge in [-0.15, -0.1) is 0 Å². The Kier molecular flexibility index (Phi) is 7.33. The van der Waals surface area contributed by atoms with Gasteiger partial charge >= 0.3 is 5.97 Å². The van der Waals surface area contributed by atoms with E-state index in [0.29, 0.717) is 26.3 Å². The number of nitrogens with zero attached hydrogens (tertiary/aromatic N) is 1. The van der Waals surface area contributed by atoms with Gasteiger partial charge in [-0.2, -0.15) is 0 Å². The van der Waals surface area contributed by atoms with E-state index >= 15 is 0 Å². The lowest BCUT2D eigenvalue weighted by Crippen LogP contribution is -2.42. The van der Waals surface area contributed by atoms with Gasteiger partial charge < -0.3 is 14.4 Å². The van der Waals surface area contributed by atoms with Gasteiger partial charge in [0, 0.05) is 19.6 Å². The third-order valence-electron chi connectivity index (χ3n) is 3.54. The fourth-order valence-electron chi connectivity index (χ4n) is 2.13. The molecule has 0 unspecified atom stereocenters. The Labute approximate surface area is 155 Å². The highest BCUT2D eigenvalue weighted by Gasteiger charge is 2.19. The number of nitrogens with one attached hydrogen (secondary N) is 1. The van der Waals surface area contributed by atoms with Crippen molar-refractivity contribution in [3.8, 4) is 0 Å². The Morgan fingerprint density at radius 2 is 2.00 bits per heavy atom. The molecule has 1 aromatic carbocycles. The predicted molar refractivity (Wildman–Crippen MR) is 89.6 cm³/mol. The van der Waals surface area contributed by atoms with Crippen LogP contribution < -0.4 is 4.72 Å². The zero-order chi connectivity index (χ0) is 19.2. The Hall–Kier alpha value is -1.75. The van der Waals surface area contributed by atoms with Gasteiger partial charge in [-0.25, -0.2) is 17.5 Å². The van der Waals surface area contributed by atoms with Crippen LogP contribution in [0.5, 0.6) is 0 Å². The largest absolute Gasteiger partial charge is 0.456 e. The molecular weight excluding hydrogens is 391 g/mol. The van der Waals surface area contributed by atoms with Crippen LogP contribution in [0.2, 0.25) is 5.02 Å². The van der Waals surface area contributed by atoms with Crippen LogP contribution in [0.1, 0.15) is 6.42 Å². The summed E-state index contributed by atoms with van der Waals surface area (Å²) in [5.74, 6) is -1.78. The van der Waals surface area contributed by atoms with Crippen molar-refractivity contribution in [1.29, 1.82) is 0 Å². The van der Waals surface area contributed by atoms with Gasteiger partial charge in [0.2, 0.25) is 10.0 Å². The molecule has 0 atom stereocenters. The van der Waals surface area contributed by atoms with Gasteiger partial charge in [-0.3, -0.25) is 9.59 Å². The summed E-state index contributed by atoms with van der Waals surface area (Å²) in [7, 11) is -3.94. The maximum atomic E-state index is 13.1. The molecule has 1 N–H and O–H groups in total. The molecule has 11 heteroatoms. The zero-order valence-corrected chi connectivity index (χ0v) is 15.3. The fraction of sp³-hybridized carbons (Fsp3) is 0.467. The topological polar surface area (TPSA) is 102 Å². The van der Waals surface area contributed by atoms with Crippen LogP contribution in [0.15, 0.2) is 23.1 Å². The number of benzene rings is 1. The van der Waals surface area contributed by atoms with E-state index in [9.17, 15) is 22.4 Å². The SMILES string of the molecule is O=C(CCNS(=O)(=O)c1ccc(F)c(Cl)c1)OCC(=O)N1CCOCC1. The summed E-state index contributed by atoms with van der Waals surface area (Å²) in [5, 5.41) is -0.325. The molecule has 1 saturated heterocycles. The van der Waals surface area contributed by atoms with E-state index in [0.717, 1.165) is 18.2 Å². The van der Waals surface area contributed by atoms with E-state index in [2.05, 4.69) is 4.72 Å². The predicted octanol–water partition coefficient (Wildman–Crippen LogP) is 0.549. The number of ether oxygens (including phenoxy) is 2. The number of carbonyl (C=O) groups excluding carboxylic acids is 2. The monoisotopic (exact) mass is 408 g/mol. The molecule has 1 aromatic rings. The van der Waals surface area contributed by atoms with Gasteiger partial charge in [-0.05, 0) is 18.2 Å². The standard InChI is InChI=1S/C15H18ClFN2O6S/c16-12-9-11(1-2-13(12)17)26(22,23)18-4-3-15(21)25-10-14(20)19-5-7-24-8-6-19/h1-2,9,18H,3-8,10H2. The number of hydrogen-bond donors (Lipinski definition) is 1. The molecule has 0 spiro atoms. The summed E-state index contributed by atoms with van der Waals surface area (Å²) >= 11 is 5.55.